The molecule has 18 heavy (non-hydrogen) atoms. The van der Waals surface area contributed by atoms with Gasteiger partial charge in [0, 0.05) is 18.6 Å². The molecule has 0 aliphatic heterocycles. The van der Waals surface area contributed by atoms with E-state index in [0.717, 1.165) is 6.42 Å². The molecule has 4 heteroatoms. The molecular weight excluding hydrogens is 228 g/mol. The van der Waals surface area contributed by atoms with E-state index in [-0.39, 0.29) is 40.8 Å². The maximum atomic E-state index is 12.3. The minimum atomic E-state index is -0.00958. The Morgan fingerprint density at radius 2 is 1.89 bits per heavy atom. The van der Waals surface area contributed by atoms with Gasteiger partial charge in [-0.3, -0.25) is 4.79 Å². The first-order valence-corrected chi connectivity index (χ1v) is 6.91. The number of ether oxygens (including phenoxy) is 1. The fourth-order valence-corrected chi connectivity index (χ4v) is 3.33. The largest absolute Gasteiger partial charge is 0.376 e. The van der Waals surface area contributed by atoms with Crippen molar-refractivity contribution in [2.45, 2.75) is 59.2 Å². The Balaban J connectivity index is 1.93. The Bertz CT molecular complexity index is 336. The second-order valence-electron chi connectivity index (χ2n) is 6.80. The number of hydrogen-bond acceptors (Lipinski definition) is 3. The Morgan fingerprint density at radius 1 is 1.33 bits per heavy atom. The van der Waals surface area contributed by atoms with Crippen LogP contribution in [0.5, 0.6) is 0 Å². The SMILES string of the molecule is CCOC1CC(N)C1NC(=O)C1C(C)(C)C1(C)C. The van der Waals surface area contributed by atoms with E-state index in [4.69, 9.17) is 10.5 Å². The molecular formula is C14H26N2O2. The van der Waals surface area contributed by atoms with Gasteiger partial charge in [0.05, 0.1) is 12.1 Å². The van der Waals surface area contributed by atoms with Crippen molar-refractivity contribution < 1.29 is 9.53 Å². The van der Waals surface area contributed by atoms with E-state index in [0.29, 0.717) is 6.61 Å². The summed E-state index contributed by atoms with van der Waals surface area (Å²) < 4.78 is 5.57. The second-order valence-corrected chi connectivity index (χ2v) is 6.80. The highest BCUT2D eigenvalue weighted by Gasteiger charge is 2.68. The zero-order valence-corrected chi connectivity index (χ0v) is 12.1. The van der Waals surface area contributed by atoms with E-state index in [1.165, 1.54) is 0 Å². The molecule has 0 aromatic rings. The minimum absolute atomic E-state index is 0.00958. The fourth-order valence-electron chi connectivity index (χ4n) is 3.33. The van der Waals surface area contributed by atoms with Crippen molar-refractivity contribution in [2.24, 2.45) is 22.5 Å². The van der Waals surface area contributed by atoms with Crippen molar-refractivity contribution in [1.29, 1.82) is 0 Å². The Hall–Kier alpha value is -0.610. The van der Waals surface area contributed by atoms with Gasteiger partial charge in [0.1, 0.15) is 0 Å². The molecule has 2 fully saturated rings. The number of nitrogens with two attached hydrogens (primary N) is 1. The quantitative estimate of drug-likeness (QED) is 0.794. The van der Waals surface area contributed by atoms with Crippen LogP contribution in [0.1, 0.15) is 41.0 Å². The molecule has 0 saturated heterocycles. The average molecular weight is 254 g/mol. The third-order valence-electron chi connectivity index (χ3n) is 5.34. The molecule has 3 atom stereocenters. The lowest BCUT2D eigenvalue weighted by Gasteiger charge is -2.42. The predicted octanol–water partition coefficient (Wildman–Crippen LogP) is 1.29. The van der Waals surface area contributed by atoms with Gasteiger partial charge in [0.25, 0.3) is 0 Å². The lowest BCUT2D eigenvalue weighted by molar-refractivity contribution is -0.128. The molecule has 2 saturated carbocycles. The van der Waals surface area contributed by atoms with Gasteiger partial charge in [-0.25, -0.2) is 0 Å². The number of carbonyl (C=O) groups excluding carboxylic acids is 1. The van der Waals surface area contributed by atoms with E-state index in [9.17, 15) is 4.79 Å². The molecule has 1 amide bonds. The zero-order valence-electron chi connectivity index (χ0n) is 12.1. The number of carbonyl (C=O) groups is 1. The van der Waals surface area contributed by atoms with Crippen LogP contribution in [-0.2, 0) is 9.53 Å². The van der Waals surface area contributed by atoms with Gasteiger partial charge in [-0.1, -0.05) is 27.7 Å². The van der Waals surface area contributed by atoms with Crippen LogP contribution >= 0.6 is 0 Å². The van der Waals surface area contributed by atoms with Gasteiger partial charge in [0.2, 0.25) is 5.91 Å². The first kappa shape index (κ1) is 13.8. The van der Waals surface area contributed by atoms with Crippen LogP contribution in [-0.4, -0.2) is 30.7 Å². The highest BCUT2D eigenvalue weighted by Crippen LogP contribution is 2.68. The Kier molecular flexibility index (Phi) is 3.23. The summed E-state index contributed by atoms with van der Waals surface area (Å²) in [5.41, 5.74) is 6.10. The van der Waals surface area contributed by atoms with Crippen LogP contribution in [0.4, 0.5) is 0 Å². The summed E-state index contributed by atoms with van der Waals surface area (Å²) in [6.45, 7) is 11.2. The summed E-state index contributed by atoms with van der Waals surface area (Å²) >= 11 is 0. The molecule has 3 unspecified atom stereocenters. The van der Waals surface area contributed by atoms with Gasteiger partial charge in [0.15, 0.2) is 0 Å². The molecule has 0 radical (unpaired) electrons. The summed E-state index contributed by atoms with van der Waals surface area (Å²) in [4.78, 5) is 12.3. The van der Waals surface area contributed by atoms with Gasteiger partial charge in [-0.2, -0.15) is 0 Å². The monoisotopic (exact) mass is 254 g/mol. The van der Waals surface area contributed by atoms with E-state index in [1.807, 2.05) is 6.92 Å². The van der Waals surface area contributed by atoms with Crippen LogP contribution in [0.15, 0.2) is 0 Å². The van der Waals surface area contributed by atoms with Crippen LogP contribution in [0.3, 0.4) is 0 Å². The second kappa shape index (κ2) is 4.20. The molecule has 2 aliphatic carbocycles. The van der Waals surface area contributed by atoms with Crippen LogP contribution in [0.25, 0.3) is 0 Å². The normalized spacial score (nSPS) is 36.9. The van der Waals surface area contributed by atoms with Crippen LogP contribution in [0.2, 0.25) is 0 Å². The summed E-state index contributed by atoms with van der Waals surface area (Å²) in [5, 5.41) is 3.09. The average Bonchev–Trinajstić information content (AvgIpc) is 2.66. The highest BCUT2D eigenvalue weighted by atomic mass is 16.5. The standard InChI is InChI=1S/C14H26N2O2/c1-6-18-9-7-8(15)10(9)16-12(17)11-13(2,3)14(11,4)5/h8-11H,6-7,15H2,1-5H3,(H,16,17). The van der Waals surface area contributed by atoms with Gasteiger partial charge < -0.3 is 15.8 Å². The zero-order chi connectivity index (χ0) is 13.7. The summed E-state index contributed by atoms with van der Waals surface area (Å²) in [7, 11) is 0. The molecule has 2 aliphatic rings. The highest BCUT2D eigenvalue weighted by molar-refractivity contribution is 5.84. The summed E-state index contributed by atoms with van der Waals surface area (Å²) in [6.07, 6.45) is 0.940. The summed E-state index contributed by atoms with van der Waals surface area (Å²) in [5.74, 6) is 0.218. The van der Waals surface area contributed by atoms with Gasteiger partial charge in [-0.15, -0.1) is 0 Å². The smallest absolute Gasteiger partial charge is 0.224 e. The first-order valence-electron chi connectivity index (χ1n) is 6.91. The number of hydrogen-bond donors (Lipinski definition) is 2. The lowest BCUT2D eigenvalue weighted by Crippen LogP contribution is -2.65. The Morgan fingerprint density at radius 3 is 2.28 bits per heavy atom. The minimum Gasteiger partial charge on any atom is -0.376 e. The van der Waals surface area contributed by atoms with Crippen molar-refractivity contribution in [1.82, 2.24) is 5.32 Å². The number of rotatable bonds is 4. The van der Waals surface area contributed by atoms with E-state index in [1.54, 1.807) is 0 Å². The van der Waals surface area contributed by atoms with Crippen molar-refractivity contribution in [3.63, 3.8) is 0 Å². The molecule has 0 bridgehead atoms. The molecule has 4 nitrogen and oxygen atoms in total. The first-order chi connectivity index (χ1) is 8.23. The van der Waals surface area contributed by atoms with Crippen molar-refractivity contribution in [2.75, 3.05) is 6.61 Å². The van der Waals surface area contributed by atoms with E-state index >= 15 is 0 Å². The maximum Gasteiger partial charge on any atom is 0.224 e. The van der Waals surface area contributed by atoms with Crippen molar-refractivity contribution >= 4 is 5.91 Å². The molecule has 0 aromatic carbocycles. The molecule has 2 rings (SSSR count). The third-order valence-corrected chi connectivity index (χ3v) is 5.34. The van der Waals surface area contributed by atoms with Crippen molar-refractivity contribution in [3.05, 3.63) is 0 Å². The molecule has 0 heterocycles. The summed E-state index contributed by atoms with van der Waals surface area (Å²) in [6, 6.07) is 0.0279. The molecule has 0 aromatic heterocycles. The topological polar surface area (TPSA) is 64.3 Å². The number of amides is 1. The van der Waals surface area contributed by atoms with Crippen LogP contribution < -0.4 is 11.1 Å². The maximum absolute atomic E-state index is 12.3. The molecule has 104 valence electrons. The predicted molar refractivity (Wildman–Crippen MR) is 71.0 cm³/mol. The van der Waals surface area contributed by atoms with E-state index in [2.05, 4.69) is 33.0 Å². The Labute approximate surface area is 110 Å². The third kappa shape index (κ3) is 1.86. The molecule has 3 N–H and O–H groups in total. The lowest BCUT2D eigenvalue weighted by atomic mass is 9.83. The fraction of sp³-hybridized carbons (Fsp3) is 0.929. The van der Waals surface area contributed by atoms with Gasteiger partial charge >= 0.3 is 0 Å². The van der Waals surface area contributed by atoms with Crippen molar-refractivity contribution in [3.8, 4) is 0 Å². The number of nitrogens with one attached hydrogen (secondary N) is 1. The molecule has 0 spiro atoms. The van der Waals surface area contributed by atoms with E-state index < -0.39 is 0 Å². The van der Waals surface area contributed by atoms with Crippen LogP contribution in [0, 0.1) is 16.7 Å². The van der Waals surface area contributed by atoms with Gasteiger partial charge in [-0.05, 0) is 24.2 Å².